The van der Waals surface area contributed by atoms with Crippen LogP contribution in [0, 0.1) is 13.8 Å². The molecule has 0 spiro atoms. The first-order valence-electron chi connectivity index (χ1n) is 10.8. The van der Waals surface area contributed by atoms with Crippen molar-refractivity contribution in [2.75, 3.05) is 32.7 Å². The Labute approximate surface area is 186 Å². The molecule has 0 unspecified atom stereocenters. The molecular formula is C23H27N5O4. The largest absolute Gasteiger partial charge is 0.338 e. The monoisotopic (exact) mass is 437 g/mol. The lowest BCUT2D eigenvalue weighted by molar-refractivity contribution is -0.146. The molecule has 32 heavy (non-hydrogen) atoms. The number of aromatic nitrogens is 2. The van der Waals surface area contributed by atoms with E-state index in [9.17, 15) is 19.2 Å². The fraction of sp³-hybridized carbons (Fsp3) is 0.435. The SMILES string of the molecule is Cc1cc(C)n(Cc2cccc(C(=O)N3CCN(C(=O)CN4C(=O)CCC4=O)CC3)c2)n1. The molecule has 0 radical (unpaired) electrons. The van der Waals surface area contributed by atoms with Crippen LogP contribution in [0.1, 0.15) is 40.2 Å². The summed E-state index contributed by atoms with van der Waals surface area (Å²) in [5, 5.41) is 4.48. The van der Waals surface area contributed by atoms with Gasteiger partial charge in [0.05, 0.1) is 12.2 Å². The zero-order chi connectivity index (χ0) is 22.8. The molecule has 1 aromatic carbocycles. The van der Waals surface area contributed by atoms with Gasteiger partial charge in [0.15, 0.2) is 0 Å². The van der Waals surface area contributed by atoms with E-state index in [0.717, 1.165) is 21.9 Å². The van der Waals surface area contributed by atoms with Gasteiger partial charge in [0.2, 0.25) is 17.7 Å². The van der Waals surface area contributed by atoms with Crippen molar-refractivity contribution in [1.82, 2.24) is 24.5 Å². The van der Waals surface area contributed by atoms with Crippen molar-refractivity contribution in [1.29, 1.82) is 0 Å². The van der Waals surface area contributed by atoms with Crippen molar-refractivity contribution in [3.05, 3.63) is 52.8 Å². The maximum absolute atomic E-state index is 13.0. The van der Waals surface area contributed by atoms with Gasteiger partial charge >= 0.3 is 0 Å². The molecule has 1 aromatic heterocycles. The number of rotatable bonds is 5. The summed E-state index contributed by atoms with van der Waals surface area (Å²) in [4.78, 5) is 53.4. The van der Waals surface area contributed by atoms with Crippen molar-refractivity contribution in [3.63, 3.8) is 0 Å². The summed E-state index contributed by atoms with van der Waals surface area (Å²) in [6.07, 6.45) is 0.347. The summed E-state index contributed by atoms with van der Waals surface area (Å²) in [5.74, 6) is -0.917. The first-order valence-corrected chi connectivity index (χ1v) is 10.8. The van der Waals surface area contributed by atoms with Crippen molar-refractivity contribution in [2.45, 2.75) is 33.2 Å². The van der Waals surface area contributed by atoms with Crippen LogP contribution in [0.4, 0.5) is 0 Å². The average Bonchev–Trinajstić information content (AvgIpc) is 3.27. The van der Waals surface area contributed by atoms with Crippen LogP contribution in [-0.4, -0.2) is 80.8 Å². The Hall–Kier alpha value is -3.49. The van der Waals surface area contributed by atoms with E-state index < -0.39 is 0 Å². The minimum absolute atomic E-state index is 0.0720. The van der Waals surface area contributed by atoms with Gasteiger partial charge in [0.25, 0.3) is 5.91 Å². The second-order valence-corrected chi connectivity index (χ2v) is 8.33. The van der Waals surface area contributed by atoms with Gasteiger partial charge in [-0.05, 0) is 37.6 Å². The topological polar surface area (TPSA) is 95.8 Å². The van der Waals surface area contributed by atoms with E-state index in [2.05, 4.69) is 5.10 Å². The fourth-order valence-corrected chi connectivity index (χ4v) is 4.19. The lowest BCUT2D eigenvalue weighted by Gasteiger charge is -2.35. The Bertz CT molecular complexity index is 1050. The van der Waals surface area contributed by atoms with Crippen LogP contribution >= 0.6 is 0 Å². The van der Waals surface area contributed by atoms with Gasteiger partial charge in [0.1, 0.15) is 6.54 Å². The first-order chi connectivity index (χ1) is 15.3. The highest BCUT2D eigenvalue weighted by Crippen LogP contribution is 2.15. The van der Waals surface area contributed by atoms with Crippen LogP contribution < -0.4 is 0 Å². The van der Waals surface area contributed by atoms with Gasteiger partial charge in [-0.25, -0.2) is 0 Å². The molecule has 168 valence electrons. The van der Waals surface area contributed by atoms with Crippen LogP contribution in [0.15, 0.2) is 30.3 Å². The highest BCUT2D eigenvalue weighted by Gasteiger charge is 2.33. The number of carbonyl (C=O) groups is 4. The molecule has 0 aliphatic carbocycles. The Balaban J connectivity index is 1.34. The van der Waals surface area contributed by atoms with Gasteiger partial charge in [-0.3, -0.25) is 28.8 Å². The van der Waals surface area contributed by atoms with Crippen molar-refractivity contribution >= 4 is 23.6 Å². The smallest absolute Gasteiger partial charge is 0.253 e. The van der Waals surface area contributed by atoms with Crippen LogP contribution in [0.3, 0.4) is 0 Å². The third-order valence-corrected chi connectivity index (χ3v) is 5.98. The predicted molar refractivity (Wildman–Crippen MR) is 116 cm³/mol. The molecule has 0 saturated carbocycles. The number of carbonyl (C=O) groups excluding carboxylic acids is 4. The minimum Gasteiger partial charge on any atom is -0.338 e. The zero-order valence-electron chi connectivity index (χ0n) is 18.4. The van der Waals surface area contributed by atoms with E-state index in [-0.39, 0.29) is 43.0 Å². The quantitative estimate of drug-likeness (QED) is 0.650. The number of nitrogens with zero attached hydrogens (tertiary/aromatic N) is 5. The number of amides is 4. The number of imide groups is 1. The van der Waals surface area contributed by atoms with Gasteiger partial charge in [0, 0.05) is 50.3 Å². The van der Waals surface area contributed by atoms with Crippen LogP contribution in [0.2, 0.25) is 0 Å². The number of hydrogen-bond acceptors (Lipinski definition) is 5. The van der Waals surface area contributed by atoms with Crippen LogP contribution in [-0.2, 0) is 20.9 Å². The first kappa shape index (κ1) is 21.7. The zero-order valence-corrected chi connectivity index (χ0v) is 18.4. The third kappa shape index (κ3) is 4.56. The summed E-state index contributed by atoms with van der Waals surface area (Å²) in [5.41, 5.74) is 3.63. The summed E-state index contributed by atoms with van der Waals surface area (Å²) in [6, 6.07) is 9.56. The Morgan fingerprint density at radius 2 is 1.59 bits per heavy atom. The molecule has 2 saturated heterocycles. The lowest BCUT2D eigenvalue weighted by Crippen LogP contribution is -2.53. The van der Waals surface area contributed by atoms with Crippen molar-refractivity contribution < 1.29 is 19.2 Å². The van der Waals surface area contributed by atoms with E-state index in [1.165, 1.54) is 0 Å². The number of hydrogen-bond donors (Lipinski definition) is 0. The summed E-state index contributed by atoms with van der Waals surface area (Å²) >= 11 is 0. The molecule has 0 N–H and O–H groups in total. The molecule has 2 aliphatic heterocycles. The normalized spacial score (nSPS) is 16.8. The molecule has 0 atom stereocenters. The summed E-state index contributed by atoms with van der Waals surface area (Å²) in [6.45, 7) is 5.93. The molecule has 4 amide bonds. The predicted octanol–water partition coefficient (Wildman–Crippen LogP) is 0.982. The van der Waals surface area contributed by atoms with Crippen molar-refractivity contribution in [2.24, 2.45) is 0 Å². The Kier molecular flexibility index (Phi) is 6.07. The number of benzene rings is 1. The molecule has 4 rings (SSSR count). The van der Waals surface area contributed by atoms with Crippen LogP contribution in [0.25, 0.3) is 0 Å². The van der Waals surface area contributed by atoms with Crippen molar-refractivity contribution in [3.8, 4) is 0 Å². The highest BCUT2D eigenvalue weighted by atomic mass is 16.2. The number of likely N-dealkylation sites (tertiary alicyclic amines) is 1. The summed E-state index contributed by atoms with van der Waals surface area (Å²) in [7, 11) is 0. The van der Waals surface area contributed by atoms with Gasteiger partial charge in [-0.1, -0.05) is 12.1 Å². The molecule has 9 heteroatoms. The maximum Gasteiger partial charge on any atom is 0.253 e. The van der Waals surface area contributed by atoms with E-state index >= 15 is 0 Å². The lowest BCUT2D eigenvalue weighted by atomic mass is 10.1. The molecule has 9 nitrogen and oxygen atoms in total. The van der Waals surface area contributed by atoms with Gasteiger partial charge in [-0.2, -0.15) is 5.10 Å². The summed E-state index contributed by atoms with van der Waals surface area (Å²) < 4.78 is 1.92. The number of aryl methyl sites for hydroxylation is 2. The van der Waals surface area contributed by atoms with Gasteiger partial charge < -0.3 is 9.80 Å². The highest BCUT2D eigenvalue weighted by molar-refractivity contribution is 6.04. The average molecular weight is 438 g/mol. The molecule has 2 aliphatic rings. The minimum atomic E-state index is -0.294. The molecule has 2 aromatic rings. The van der Waals surface area contributed by atoms with E-state index in [1.807, 2.05) is 42.8 Å². The standard InChI is InChI=1S/C23H27N5O4/c1-16-12-17(2)28(24-16)14-18-4-3-5-19(13-18)23(32)26-10-8-25(9-11-26)22(31)15-27-20(29)6-7-21(27)30/h3-5,12-13H,6-11,14-15H2,1-2H3. The molecule has 3 heterocycles. The van der Waals surface area contributed by atoms with Gasteiger partial charge in [-0.15, -0.1) is 0 Å². The second-order valence-electron chi connectivity index (χ2n) is 8.33. The third-order valence-electron chi connectivity index (χ3n) is 5.98. The maximum atomic E-state index is 13.0. The molecule has 2 fully saturated rings. The molecular weight excluding hydrogens is 410 g/mol. The van der Waals surface area contributed by atoms with E-state index in [1.54, 1.807) is 15.9 Å². The van der Waals surface area contributed by atoms with E-state index in [4.69, 9.17) is 0 Å². The van der Waals surface area contributed by atoms with E-state index in [0.29, 0.717) is 38.3 Å². The molecule has 0 bridgehead atoms. The van der Waals surface area contributed by atoms with Crippen LogP contribution in [0.5, 0.6) is 0 Å². The number of piperazine rings is 1. The fourth-order valence-electron chi connectivity index (χ4n) is 4.19. The second kappa shape index (κ2) is 8.94. The Morgan fingerprint density at radius 1 is 0.938 bits per heavy atom. The Morgan fingerprint density at radius 3 is 2.22 bits per heavy atom.